The van der Waals surface area contributed by atoms with Gasteiger partial charge in [0, 0.05) is 5.54 Å². The first kappa shape index (κ1) is 14.5. The lowest BCUT2D eigenvalue weighted by molar-refractivity contribution is -0.124. The van der Waals surface area contributed by atoms with Gasteiger partial charge in [0.2, 0.25) is 5.91 Å². The Bertz CT molecular complexity index is 284. The number of carbonyl (C=O) groups is 1. The summed E-state index contributed by atoms with van der Waals surface area (Å²) in [6.45, 7) is 13.7. The predicted octanol–water partition coefficient (Wildman–Crippen LogP) is 2.32. The summed E-state index contributed by atoms with van der Waals surface area (Å²) in [4.78, 5) is 11.9. The van der Waals surface area contributed by atoms with E-state index in [1.165, 1.54) is 6.42 Å². The highest BCUT2D eigenvalue weighted by Gasteiger charge is 2.45. The molecule has 0 aromatic rings. The largest absolute Gasteiger partial charge is 0.350 e. The molecule has 0 spiro atoms. The Kier molecular flexibility index (Phi) is 4.23. The smallest absolute Gasteiger partial charge is 0.237 e. The van der Waals surface area contributed by atoms with Gasteiger partial charge in [-0.3, -0.25) is 4.79 Å². The molecule has 2 atom stereocenters. The summed E-state index contributed by atoms with van der Waals surface area (Å²) in [6, 6.07) is -0.0998. The van der Waals surface area contributed by atoms with E-state index in [1.54, 1.807) is 0 Å². The minimum atomic E-state index is -0.105. The molecule has 0 aromatic carbocycles. The van der Waals surface area contributed by atoms with Gasteiger partial charge in [-0.05, 0) is 51.5 Å². The Hall–Kier alpha value is -0.570. The summed E-state index contributed by atoms with van der Waals surface area (Å²) in [7, 11) is 0. The summed E-state index contributed by atoms with van der Waals surface area (Å²) < 4.78 is 0. The van der Waals surface area contributed by atoms with Crippen molar-refractivity contribution >= 4 is 5.91 Å². The fraction of sp³-hybridized carbons (Fsp3) is 0.929. The van der Waals surface area contributed by atoms with Crippen LogP contribution in [0.4, 0.5) is 0 Å². The van der Waals surface area contributed by atoms with Crippen molar-refractivity contribution in [3.05, 3.63) is 0 Å². The quantitative estimate of drug-likeness (QED) is 0.748. The topological polar surface area (TPSA) is 41.1 Å². The SMILES string of the molecule is CCC(C)(C)NC(=O)C(C)NCC1CC1(C)C. The normalized spacial score (nSPS) is 24.2. The summed E-state index contributed by atoms with van der Waals surface area (Å²) in [5, 5.41) is 6.40. The zero-order valence-corrected chi connectivity index (χ0v) is 12.2. The molecule has 0 saturated heterocycles. The first-order chi connectivity index (χ1) is 7.68. The van der Waals surface area contributed by atoms with Crippen molar-refractivity contribution in [2.45, 2.75) is 66.0 Å². The highest BCUT2D eigenvalue weighted by Crippen LogP contribution is 2.50. The Morgan fingerprint density at radius 1 is 1.47 bits per heavy atom. The van der Waals surface area contributed by atoms with E-state index in [2.05, 4.69) is 45.3 Å². The fourth-order valence-corrected chi connectivity index (χ4v) is 1.87. The van der Waals surface area contributed by atoms with Gasteiger partial charge in [-0.2, -0.15) is 0 Å². The van der Waals surface area contributed by atoms with Crippen LogP contribution in [-0.2, 0) is 4.79 Å². The van der Waals surface area contributed by atoms with Gasteiger partial charge in [0.15, 0.2) is 0 Å². The average molecular weight is 240 g/mol. The van der Waals surface area contributed by atoms with Crippen LogP contribution in [0.3, 0.4) is 0 Å². The molecule has 1 aliphatic carbocycles. The highest BCUT2D eigenvalue weighted by molar-refractivity contribution is 5.81. The number of hydrogen-bond acceptors (Lipinski definition) is 2. The van der Waals surface area contributed by atoms with Crippen molar-refractivity contribution in [3.8, 4) is 0 Å². The third kappa shape index (κ3) is 4.30. The second-order valence-corrected chi connectivity index (χ2v) is 6.75. The molecule has 0 aromatic heterocycles. The molecule has 2 N–H and O–H groups in total. The van der Waals surface area contributed by atoms with E-state index < -0.39 is 0 Å². The third-order valence-electron chi connectivity index (χ3n) is 4.13. The fourth-order valence-electron chi connectivity index (χ4n) is 1.87. The third-order valence-corrected chi connectivity index (χ3v) is 4.13. The van der Waals surface area contributed by atoms with Crippen LogP contribution in [0.5, 0.6) is 0 Å². The van der Waals surface area contributed by atoms with Crippen LogP contribution in [0, 0.1) is 11.3 Å². The number of amides is 1. The van der Waals surface area contributed by atoms with Crippen LogP contribution in [0.25, 0.3) is 0 Å². The van der Waals surface area contributed by atoms with E-state index in [-0.39, 0.29) is 17.5 Å². The lowest BCUT2D eigenvalue weighted by Gasteiger charge is -2.26. The Morgan fingerprint density at radius 3 is 2.41 bits per heavy atom. The number of hydrogen-bond donors (Lipinski definition) is 2. The minimum absolute atomic E-state index is 0.0998. The van der Waals surface area contributed by atoms with E-state index >= 15 is 0 Å². The molecule has 0 aliphatic heterocycles. The number of rotatable bonds is 6. The van der Waals surface area contributed by atoms with Crippen molar-refractivity contribution in [3.63, 3.8) is 0 Å². The molecule has 0 radical (unpaired) electrons. The molecule has 100 valence electrons. The van der Waals surface area contributed by atoms with E-state index in [1.807, 2.05) is 6.92 Å². The predicted molar refractivity (Wildman–Crippen MR) is 71.9 cm³/mol. The van der Waals surface area contributed by atoms with Crippen LogP contribution < -0.4 is 10.6 Å². The molecule has 1 rings (SSSR count). The Morgan fingerprint density at radius 2 is 2.00 bits per heavy atom. The minimum Gasteiger partial charge on any atom is -0.350 e. The Labute approximate surface area is 106 Å². The molecule has 2 unspecified atom stereocenters. The summed E-state index contributed by atoms with van der Waals surface area (Å²) >= 11 is 0. The lowest BCUT2D eigenvalue weighted by Crippen LogP contribution is -2.51. The highest BCUT2D eigenvalue weighted by atomic mass is 16.2. The summed E-state index contributed by atoms with van der Waals surface area (Å²) in [6.07, 6.45) is 2.22. The van der Waals surface area contributed by atoms with E-state index in [0.717, 1.165) is 18.9 Å². The zero-order valence-electron chi connectivity index (χ0n) is 12.2. The van der Waals surface area contributed by atoms with Gasteiger partial charge >= 0.3 is 0 Å². The number of carbonyl (C=O) groups excluding carboxylic acids is 1. The van der Waals surface area contributed by atoms with Crippen molar-refractivity contribution in [2.24, 2.45) is 11.3 Å². The van der Waals surface area contributed by atoms with E-state index in [9.17, 15) is 4.79 Å². The molecule has 1 saturated carbocycles. The van der Waals surface area contributed by atoms with Gasteiger partial charge in [-0.25, -0.2) is 0 Å². The van der Waals surface area contributed by atoms with Crippen molar-refractivity contribution in [1.29, 1.82) is 0 Å². The monoisotopic (exact) mass is 240 g/mol. The molecule has 0 heterocycles. The molecule has 1 fully saturated rings. The molecule has 3 nitrogen and oxygen atoms in total. The van der Waals surface area contributed by atoms with Crippen molar-refractivity contribution < 1.29 is 4.79 Å². The summed E-state index contributed by atoms with van der Waals surface area (Å²) in [5.74, 6) is 0.840. The first-order valence-electron chi connectivity index (χ1n) is 6.73. The van der Waals surface area contributed by atoms with E-state index in [4.69, 9.17) is 0 Å². The van der Waals surface area contributed by atoms with E-state index in [0.29, 0.717) is 5.41 Å². The van der Waals surface area contributed by atoms with Gasteiger partial charge < -0.3 is 10.6 Å². The number of nitrogens with one attached hydrogen (secondary N) is 2. The standard InChI is InChI=1S/C14H28N2O/c1-7-14(5,6)16-12(17)10(2)15-9-11-8-13(11,3)4/h10-11,15H,7-9H2,1-6H3,(H,16,17). The van der Waals surface area contributed by atoms with Crippen molar-refractivity contribution in [2.75, 3.05) is 6.54 Å². The molecule has 1 amide bonds. The van der Waals surface area contributed by atoms with Gasteiger partial charge in [0.1, 0.15) is 0 Å². The molecular weight excluding hydrogens is 212 g/mol. The van der Waals surface area contributed by atoms with Crippen LogP contribution in [0.15, 0.2) is 0 Å². The molecule has 17 heavy (non-hydrogen) atoms. The van der Waals surface area contributed by atoms with Crippen LogP contribution in [0.1, 0.15) is 54.4 Å². The van der Waals surface area contributed by atoms with Gasteiger partial charge in [-0.1, -0.05) is 20.8 Å². The van der Waals surface area contributed by atoms with Gasteiger partial charge in [-0.15, -0.1) is 0 Å². The molecule has 3 heteroatoms. The zero-order chi connectivity index (χ0) is 13.3. The molecule has 0 bridgehead atoms. The van der Waals surface area contributed by atoms with Crippen LogP contribution >= 0.6 is 0 Å². The van der Waals surface area contributed by atoms with Crippen LogP contribution in [-0.4, -0.2) is 24.0 Å². The first-order valence-corrected chi connectivity index (χ1v) is 6.73. The van der Waals surface area contributed by atoms with Gasteiger partial charge in [0.25, 0.3) is 0 Å². The molecular formula is C14H28N2O. The second kappa shape index (κ2) is 4.97. The van der Waals surface area contributed by atoms with Gasteiger partial charge in [0.05, 0.1) is 6.04 Å². The average Bonchev–Trinajstić information content (AvgIpc) is 2.82. The summed E-state index contributed by atoms with van der Waals surface area (Å²) in [5.41, 5.74) is 0.373. The lowest BCUT2D eigenvalue weighted by atomic mass is 10.0. The van der Waals surface area contributed by atoms with Crippen LogP contribution in [0.2, 0.25) is 0 Å². The Balaban J connectivity index is 2.28. The molecule has 1 aliphatic rings. The second-order valence-electron chi connectivity index (χ2n) is 6.75. The maximum Gasteiger partial charge on any atom is 0.237 e. The maximum absolute atomic E-state index is 11.9. The maximum atomic E-state index is 11.9. The van der Waals surface area contributed by atoms with Crippen molar-refractivity contribution in [1.82, 2.24) is 10.6 Å².